The summed E-state index contributed by atoms with van der Waals surface area (Å²) in [5, 5.41) is 11.4. The zero-order valence-corrected chi connectivity index (χ0v) is 12.0. The lowest BCUT2D eigenvalue weighted by Gasteiger charge is -2.07. The number of nitrogens with one attached hydrogen (secondary N) is 1. The average molecular weight is 280 g/mol. The third kappa shape index (κ3) is 4.16. The van der Waals surface area contributed by atoms with Crippen molar-refractivity contribution in [2.75, 3.05) is 11.9 Å². The van der Waals surface area contributed by atoms with Crippen molar-refractivity contribution in [3.05, 3.63) is 58.9 Å². The number of hydrogen-bond acceptors (Lipinski definition) is 3. The summed E-state index contributed by atoms with van der Waals surface area (Å²) in [6.45, 7) is 3.76. The highest BCUT2D eigenvalue weighted by Gasteiger charge is 2.07. The Morgan fingerprint density at radius 1 is 1.24 bits per heavy atom. The van der Waals surface area contributed by atoms with Gasteiger partial charge in [0.1, 0.15) is 12.3 Å². The van der Waals surface area contributed by atoms with E-state index in [1.807, 2.05) is 32.0 Å². The number of pyridine rings is 1. The van der Waals surface area contributed by atoms with Gasteiger partial charge in [0.15, 0.2) is 0 Å². The monoisotopic (exact) mass is 280 g/mol. The van der Waals surface area contributed by atoms with E-state index in [9.17, 15) is 4.79 Å². The minimum Gasteiger partial charge on any atom is -0.384 e. The Balaban J connectivity index is 2.13. The average Bonchev–Trinajstić information content (AvgIpc) is 2.44. The molecule has 2 N–H and O–H groups in total. The van der Waals surface area contributed by atoms with Gasteiger partial charge >= 0.3 is 0 Å². The summed E-state index contributed by atoms with van der Waals surface area (Å²) < 4.78 is 0. The molecule has 0 aliphatic rings. The minimum atomic E-state index is -0.262. The minimum absolute atomic E-state index is 0.199. The number of aromatic nitrogens is 1. The summed E-state index contributed by atoms with van der Waals surface area (Å²) in [4.78, 5) is 16.2. The summed E-state index contributed by atoms with van der Waals surface area (Å²) >= 11 is 0. The molecule has 2 rings (SSSR count). The number of amides is 1. The van der Waals surface area contributed by atoms with Gasteiger partial charge < -0.3 is 10.4 Å². The fourth-order valence-electron chi connectivity index (χ4n) is 1.99. The van der Waals surface area contributed by atoms with Gasteiger partial charge in [0.05, 0.1) is 0 Å². The smallest absolute Gasteiger partial charge is 0.274 e. The summed E-state index contributed by atoms with van der Waals surface area (Å²) in [5.74, 6) is 5.00. The Morgan fingerprint density at radius 2 is 1.95 bits per heavy atom. The van der Waals surface area contributed by atoms with Crippen molar-refractivity contribution in [3.8, 4) is 11.8 Å². The van der Waals surface area contributed by atoms with Gasteiger partial charge in [0.25, 0.3) is 5.91 Å². The van der Waals surface area contributed by atoms with Crippen LogP contribution in [0.4, 0.5) is 5.69 Å². The fourth-order valence-corrected chi connectivity index (χ4v) is 1.99. The topological polar surface area (TPSA) is 62.2 Å². The molecule has 0 radical (unpaired) electrons. The van der Waals surface area contributed by atoms with Crippen LogP contribution in [0.2, 0.25) is 0 Å². The Bertz CT molecular complexity index is 690. The first-order valence-corrected chi connectivity index (χ1v) is 6.54. The van der Waals surface area contributed by atoms with Crippen LogP contribution in [-0.2, 0) is 0 Å². The van der Waals surface area contributed by atoms with Crippen LogP contribution < -0.4 is 5.32 Å². The molecule has 0 fully saturated rings. The van der Waals surface area contributed by atoms with Crippen molar-refractivity contribution < 1.29 is 9.90 Å². The second-order valence-electron chi connectivity index (χ2n) is 4.72. The highest BCUT2D eigenvalue weighted by Crippen LogP contribution is 2.14. The lowest BCUT2D eigenvalue weighted by Crippen LogP contribution is -2.13. The lowest BCUT2D eigenvalue weighted by molar-refractivity contribution is 0.102. The second kappa shape index (κ2) is 6.69. The van der Waals surface area contributed by atoms with E-state index in [1.54, 1.807) is 12.1 Å². The largest absolute Gasteiger partial charge is 0.384 e. The first kappa shape index (κ1) is 14.8. The molecular formula is C17H16N2O2. The number of carbonyl (C=O) groups is 1. The van der Waals surface area contributed by atoms with Crippen molar-refractivity contribution in [2.45, 2.75) is 13.8 Å². The number of hydrogen-bond donors (Lipinski definition) is 2. The number of aliphatic hydroxyl groups excluding tert-OH is 1. The summed E-state index contributed by atoms with van der Waals surface area (Å²) in [5.41, 5.74) is 3.92. The summed E-state index contributed by atoms with van der Waals surface area (Å²) in [6.07, 6.45) is 1.51. The number of aliphatic hydroxyl groups is 1. The summed E-state index contributed by atoms with van der Waals surface area (Å²) in [7, 11) is 0. The molecule has 1 aromatic carbocycles. The van der Waals surface area contributed by atoms with Crippen molar-refractivity contribution in [2.24, 2.45) is 0 Å². The number of nitrogens with zero attached hydrogens (tertiary/aromatic N) is 1. The van der Waals surface area contributed by atoms with E-state index < -0.39 is 0 Å². The van der Waals surface area contributed by atoms with Gasteiger partial charge in [-0.1, -0.05) is 17.9 Å². The third-order valence-corrected chi connectivity index (χ3v) is 2.79. The molecule has 1 amide bonds. The van der Waals surface area contributed by atoms with Gasteiger partial charge in [-0.2, -0.15) is 0 Å². The SMILES string of the molecule is Cc1cc(C)cc(NC(=O)c2ccc(C#CCO)cn2)c1. The Labute approximate surface area is 123 Å². The van der Waals surface area contributed by atoms with E-state index in [2.05, 4.69) is 22.1 Å². The van der Waals surface area contributed by atoms with Gasteiger partial charge in [0, 0.05) is 17.4 Å². The molecule has 1 aromatic heterocycles. The molecule has 0 bridgehead atoms. The van der Waals surface area contributed by atoms with E-state index in [-0.39, 0.29) is 12.5 Å². The lowest BCUT2D eigenvalue weighted by atomic mass is 10.1. The molecule has 0 spiro atoms. The zero-order valence-electron chi connectivity index (χ0n) is 12.0. The molecular weight excluding hydrogens is 264 g/mol. The molecule has 0 saturated carbocycles. The van der Waals surface area contributed by atoms with Crippen LogP contribution in [0, 0.1) is 25.7 Å². The van der Waals surface area contributed by atoms with Crippen LogP contribution in [0.1, 0.15) is 27.2 Å². The molecule has 2 aromatic rings. The molecule has 0 saturated heterocycles. The van der Waals surface area contributed by atoms with Gasteiger partial charge in [-0.25, -0.2) is 4.98 Å². The predicted octanol–water partition coefficient (Wildman–Crippen LogP) is 2.29. The van der Waals surface area contributed by atoms with E-state index in [0.717, 1.165) is 16.8 Å². The second-order valence-corrected chi connectivity index (χ2v) is 4.72. The van der Waals surface area contributed by atoms with Crippen molar-refractivity contribution in [1.82, 2.24) is 4.98 Å². The van der Waals surface area contributed by atoms with Crippen LogP contribution in [-0.4, -0.2) is 22.6 Å². The fraction of sp³-hybridized carbons (Fsp3) is 0.176. The highest BCUT2D eigenvalue weighted by atomic mass is 16.2. The molecule has 0 atom stereocenters. The van der Waals surface area contributed by atoms with Crippen LogP contribution in [0.25, 0.3) is 0 Å². The van der Waals surface area contributed by atoms with Crippen molar-refractivity contribution >= 4 is 11.6 Å². The zero-order chi connectivity index (χ0) is 15.2. The maximum absolute atomic E-state index is 12.1. The van der Waals surface area contributed by atoms with Crippen LogP contribution in [0.15, 0.2) is 36.5 Å². The molecule has 4 heteroatoms. The predicted molar refractivity (Wildman–Crippen MR) is 82.1 cm³/mol. The van der Waals surface area contributed by atoms with Gasteiger partial charge in [0.2, 0.25) is 0 Å². The number of carbonyl (C=O) groups excluding carboxylic acids is 1. The van der Waals surface area contributed by atoms with E-state index in [0.29, 0.717) is 11.3 Å². The maximum Gasteiger partial charge on any atom is 0.274 e. The Morgan fingerprint density at radius 3 is 2.52 bits per heavy atom. The number of benzene rings is 1. The van der Waals surface area contributed by atoms with E-state index >= 15 is 0 Å². The first-order valence-electron chi connectivity index (χ1n) is 6.54. The van der Waals surface area contributed by atoms with Crippen LogP contribution in [0.3, 0.4) is 0 Å². The molecule has 0 aliphatic carbocycles. The van der Waals surface area contributed by atoms with Gasteiger partial charge in [-0.15, -0.1) is 0 Å². The van der Waals surface area contributed by atoms with E-state index in [1.165, 1.54) is 6.20 Å². The van der Waals surface area contributed by atoms with Gasteiger partial charge in [-0.05, 0) is 49.2 Å². The van der Waals surface area contributed by atoms with Crippen molar-refractivity contribution in [3.63, 3.8) is 0 Å². The number of anilines is 1. The first-order chi connectivity index (χ1) is 10.1. The third-order valence-electron chi connectivity index (χ3n) is 2.79. The highest BCUT2D eigenvalue weighted by molar-refractivity contribution is 6.02. The normalized spacial score (nSPS) is 9.67. The van der Waals surface area contributed by atoms with Crippen LogP contribution in [0.5, 0.6) is 0 Å². The molecule has 0 aliphatic heterocycles. The standard InChI is InChI=1S/C17H16N2O2/c1-12-8-13(2)10-15(9-12)19-17(21)16-6-5-14(11-18-16)4-3-7-20/h5-6,8-11,20H,7H2,1-2H3,(H,19,21). The van der Waals surface area contributed by atoms with E-state index in [4.69, 9.17) is 5.11 Å². The maximum atomic E-state index is 12.1. The number of aryl methyl sites for hydroxylation is 2. The molecule has 21 heavy (non-hydrogen) atoms. The summed E-state index contributed by atoms with van der Waals surface area (Å²) in [6, 6.07) is 9.17. The molecule has 0 unspecified atom stereocenters. The number of rotatable bonds is 2. The molecule has 1 heterocycles. The quantitative estimate of drug-likeness (QED) is 0.830. The molecule has 4 nitrogen and oxygen atoms in total. The Hall–Kier alpha value is -2.64. The molecule has 106 valence electrons. The van der Waals surface area contributed by atoms with Crippen molar-refractivity contribution in [1.29, 1.82) is 0 Å². The Kier molecular flexibility index (Phi) is 4.70. The van der Waals surface area contributed by atoms with Crippen LogP contribution >= 0.6 is 0 Å². The van der Waals surface area contributed by atoms with Gasteiger partial charge in [-0.3, -0.25) is 4.79 Å².